The molecule has 0 aromatic heterocycles. The Balaban J connectivity index is 1.89. The van der Waals surface area contributed by atoms with Gasteiger partial charge >= 0.3 is 0 Å². The maximum Gasteiger partial charge on any atom is 0.144 e. The van der Waals surface area contributed by atoms with Gasteiger partial charge in [-0.2, -0.15) is 0 Å². The van der Waals surface area contributed by atoms with Crippen LogP contribution in [0.15, 0.2) is 42.5 Å². The van der Waals surface area contributed by atoms with Gasteiger partial charge in [0.05, 0.1) is 32.1 Å². The van der Waals surface area contributed by atoms with Crippen LogP contribution in [0, 0.1) is 5.82 Å². The lowest BCUT2D eigenvalue weighted by atomic mass is 9.99. The molecule has 0 saturated heterocycles. The molecule has 20 heavy (non-hydrogen) atoms. The van der Waals surface area contributed by atoms with E-state index in [1.165, 1.54) is 30.4 Å². The topological polar surface area (TPSA) is 30.5 Å². The lowest BCUT2D eigenvalue weighted by Gasteiger charge is -2.27. The van der Waals surface area contributed by atoms with Crippen molar-refractivity contribution in [2.24, 2.45) is 0 Å². The fourth-order valence-corrected chi connectivity index (χ4v) is 2.47. The van der Waals surface area contributed by atoms with Crippen LogP contribution < -0.4 is 10.1 Å². The minimum Gasteiger partial charge on any atom is -0.494 e. The standard InChI is InChI=1S/C16H16FNO2/c1-19-16-8-12(17)6-7-14(16)18-15-10-20-9-11-4-2-3-5-13(11)15/h2-8,15,18H,9-10H2,1H3. The number of anilines is 1. The van der Waals surface area contributed by atoms with E-state index in [1.54, 1.807) is 6.07 Å². The van der Waals surface area contributed by atoms with Crippen LogP contribution in [0.25, 0.3) is 0 Å². The molecular formula is C16H16FNO2. The van der Waals surface area contributed by atoms with Crippen LogP contribution in [0.4, 0.5) is 10.1 Å². The van der Waals surface area contributed by atoms with E-state index in [4.69, 9.17) is 9.47 Å². The van der Waals surface area contributed by atoms with Gasteiger partial charge < -0.3 is 14.8 Å². The molecule has 1 aliphatic heterocycles. The highest BCUT2D eigenvalue weighted by atomic mass is 19.1. The molecule has 104 valence electrons. The maximum absolute atomic E-state index is 13.2. The molecule has 0 spiro atoms. The molecule has 4 heteroatoms. The van der Waals surface area contributed by atoms with E-state index < -0.39 is 0 Å². The zero-order chi connectivity index (χ0) is 13.9. The number of methoxy groups -OCH3 is 1. The molecule has 1 atom stereocenters. The van der Waals surface area contributed by atoms with Crippen LogP contribution in [0.2, 0.25) is 0 Å². The summed E-state index contributed by atoms with van der Waals surface area (Å²) in [6.45, 7) is 1.21. The van der Waals surface area contributed by atoms with Crippen molar-refractivity contribution in [3.63, 3.8) is 0 Å². The van der Waals surface area contributed by atoms with E-state index in [0.29, 0.717) is 19.0 Å². The maximum atomic E-state index is 13.2. The molecule has 0 fully saturated rings. The first-order chi connectivity index (χ1) is 9.78. The molecule has 1 heterocycles. The van der Waals surface area contributed by atoms with E-state index in [-0.39, 0.29) is 11.9 Å². The average molecular weight is 273 g/mol. The highest BCUT2D eigenvalue weighted by Crippen LogP contribution is 2.32. The molecular weight excluding hydrogens is 257 g/mol. The van der Waals surface area contributed by atoms with Gasteiger partial charge in [-0.25, -0.2) is 4.39 Å². The van der Waals surface area contributed by atoms with Gasteiger partial charge in [0.25, 0.3) is 0 Å². The predicted molar refractivity (Wildman–Crippen MR) is 75.4 cm³/mol. The summed E-state index contributed by atoms with van der Waals surface area (Å²) in [5.41, 5.74) is 3.15. The van der Waals surface area contributed by atoms with Gasteiger partial charge in [-0.3, -0.25) is 0 Å². The summed E-state index contributed by atoms with van der Waals surface area (Å²) in [6, 6.07) is 12.7. The number of fused-ring (bicyclic) bond motifs is 1. The Labute approximate surface area is 117 Å². The number of rotatable bonds is 3. The zero-order valence-corrected chi connectivity index (χ0v) is 11.2. The van der Waals surface area contributed by atoms with Crippen LogP contribution >= 0.6 is 0 Å². The first-order valence-corrected chi connectivity index (χ1v) is 6.53. The highest BCUT2D eigenvalue weighted by Gasteiger charge is 2.21. The lowest BCUT2D eigenvalue weighted by Crippen LogP contribution is -2.23. The van der Waals surface area contributed by atoms with Crippen molar-refractivity contribution in [3.05, 3.63) is 59.4 Å². The third-order valence-electron chi connectivity index (χ3n) is 3.47. The van der Waals surface area contributed by atoms with Gasteiger partial charge in [0, 0.05) is 6.07 Å². The SMILES string of the molecule is COc1cc(F)ccc1NC1COCc2ccccc21. The normalized spacial score (nSPS) is 17.4. The summed E-state index contributed by atoms with van der Waals surface area (Å²) >= 11 is 0. The van der Waals surface area contributed by atoms with Crippen molar-refractivity contribution in [2.45, 2.75) is 12.6 Å². The molecule has 1 unspecified atom stereocenters. The largest absolute Gasteiger partial charge is 0.494 e. The highest BCUT2D eigenvalue weighted by molar-refractivity contribution is 5.58. The Kier molecular flexibility index (Phi) is 3.56. The lowest BCUT2D eigenvalue weighted by molar-refractivity contribution is 0.0969. The molecule has 2 aromatic carbocycles. The third-order valence-corrected chi connectivity index (χ3v) is 3.47. The zero-order valence-electron chi connectivity index (χ0n) is 11.2. The quantitative estimate of drug-likeness (QED) is 0.928. The van der Waals surface area contributed by atoms with Crippen molar-refractivity contribution >= 4 is 5.69 Å². The third kappa shape index (κ3) is 2.47. The smallest absolute Gasteiger partial charge is 0.144 e. The van der Waals surface area contributed by atoms with Crippen LogP contribution in [-0.4, -0.2) is 13.7 Å². The molecule has 0 amide bonds. The van der Waals surface area contributed by atoms with Crippen molar-refractivity contribution < 1.29 is 13.9 Å². The molecule has 0 aliphatic carbocycles. The van der Waals surface area contributed by atoms with Crippen molar-refractivity contribution in [2.75, 3.05) is 19.0 Å². The summed E-state index contributed by atoms with van der Waals surface area (Å²) in [7, 11) is 1.53. The van der Waals surface area contributed by atoms with Crippen LogP contribution in [0.5, 0.6) is 5.75 Å². The van der Waals surface area contributed by atoms with Crippen molar-refractivity contribution in [3.8, 4) is 5.75 Å². The van der Waals surface area contributed by atoms with Gasteiger partial charge in [0.1, 0.15) is 11.6 Å². The minimum absolute atomic E-state index is 0.0410. The summed E-state index contributed by atoms with van der Waals surface area (Å²) in [4.78, 5) is 0. The Morgan fingerprint density at radius 1 is 1.25 bits per heavy atom. The fraction of sp³-hybridized carbons (Fsp3) is 0.250. The monoisotopic (exact) mass is 273 g/mol. The van der Waals surface area contributed by atoms with Gasteiger partial charge in [-0.15, -0.1) is 0 Å². The summed E-state index contributed by atoms with van der Waals surface area (Å²) in [6.07, 6.45) is 0. The Morgan fingerprint density at radius 3 is 2.95 bits per heavy atom. The van der Waals surface area contributed by atoms with Crippen molar-refractivity contribution in [1.82, 2.24) is 0 Å². The second-order valence-corrected chi connectivity index (χ2v) is 4.76. The summed E-state index contributed by atoms with van der Waals surface area (Å²) in [5.74, 6) is 0.181. The molecule has 0 saturated carbocycles. The van der Waals surface area contributed by atoms with Gasteiger partial charge in [0.2, 0.25) is 0 Å². The summed E-state index contributed by atoms with van der Waals surface area (Å²) < 4.78 is 24.0. The van der Waals surface area contributed by atoms with Gasteiger partial charge in [-0.1, -0.05) is 24.3 Å². The Morgan fingerprint density at radius 2 is 2.10 bits per heavy atom. The number of hydrogen-bond acceptors (Lipinski definition) is 3. The Bertz CT molecular complexity index is 615. The van der Waals surface area contributed by atoms with E-state index in [9.17, 15) is 4.39 Å². The average Bonchev–Trinajstić information content (AvgIpc) is 2.49. The molecule has 0 radical (unpaired) electrons. The van der Waals surface area contributed by atoms with E-state index in [2.05, 4.69) is 17.4 Å². The second kappa shape index (κ2) is 5.51. The minimum atomic E-state index is -0.312. The first kappa shape index (κ1) is 12.9. The van der Waals surface area contributed by atoms with E-state index in [1.807, 2.05) is 12.1 Å². The number of benzene rings is 2. The van der Waals surface area contributed by atoms with E-state index >= 15 is 0 Å². The molecule has 0 bridgehead atoms. The number of hydrogen-bond donors (Lipinski definition) is 1. The van der Waals surface area contributed by atoms with Gasteiger partial charge in [0.15, 0.2) is 0 Å². The van der Waals surface area contributed by atoms with Crippen LogP contribution in [0.3, 0.4) is 0 Å². The van der Waals surface area contributed by atoms with Crippen molar-refractivity contribution in [1.29, 1.82) is 0 Å². The first-order valence-electron chi connectivity index (χ1n) is 6.53. The Hall–Kier alpha value is -2.07. The number of halogens is 1. The molecule has 1 N–H and O–H groups in total. The second-order valence-electron chi connectivity index (χ2n) is 4.76. The predicted octanol–water partition coefficient (Wildman–Crippen LogP) is 3.52. The number of ether oxygens (including phenoxy) is 2. The molecule has 1 aliphatic rings. The summed E-state index contributed by atoms with van der Waals surface area (Å²) in [5, 5.41) is 3.37. The molecule has 3 rings (SSSR count). The van der Waals surface area contributed by atoms with Gasteiger partial charge in [-0.05, 0) is 23.3 Å². The fourth-order valence-electron chi connectivity index (χ4n) is 2.47. The van der Waals surface area contributed by atoms with E-state index in [0.717, 1.165) is 5.69 Å². The number of nitrogens with one attached hydrogen (secondary N) is 1. The molecule has 2 aromatic rings. The van der Waals surface area contributed by atoms with Crippen LogP contribution in [-0.2, 0) is 11.3 Å². The van der Waals surface area contributed by atoms with Crippen LogP contribution in [0.1, 0.15) is 17.2 Å². The molecule has 3 nitrogen and oxygen atoms in total.